The molecule has 3 N–H and O–H groups in total. The lowest BCUT2D eigenvalue weighted by atomic mass is 9.92. The van der Waals surface area contributed by atoms with Crippen molar-refractivity contribution in [1.82, 2.24) is 0 Å². The third-order valence-corrected chi connectivity index (χ3v) is 3.26. The van der Waals surface area contributed by atoms with Crippen molar-refractivity contribution in [3.63, 3.8) is 0 Å². The van der Waals surface area contributed by atoms with Crippen LogP contribution in [-0.2, 0) is 6.42 Å². The summed E-state index contributed by atoms with van der Waals surface area (Å²) in [5.74, 6) is 0.515. The van der Waals surface area contributed by atoms with Gasteiger partial charge in [0, 0.05) is 10.9 Å². The van der Waals surface area contributed by atoms with E-state index in [-0.39, 0.29) is 11.7 Å². The molecule has 0 saturated carbocycles. The molecule has 2 nitrogen and oxygen atoms in total. The van der Waals surface area contributed by atoms with Crippen LogP contribution in [0.3, 0.4) is 0 Å². The first-order chi connectivity index (χ1) is 8.69. The lowest BCUT2D eigenvalue weighted by Gasteiger charge is -2.15. The van der Waals surface area contributed by atoms with Crippen molar-refractivity contribution in [3.8, 4) is 5.75 Å². The normalized spacial score (nSPS) is 12.3. The average molecular weight is 262 g/mol. The summed E-state index contributed by atoms with van der Waals surface area (Å²) in [5.41, 5.74) is 8.14. The van der Waals surface area contributed by atoms with Gasteiger partial charge in [0.1, 0.15) is 5.75 Å². The van der Waals surface area contributed by atoms with E-state index in [4.69, 9.17) is 17.3 Å². The SMILES string of the molecule is NCC(Cc1cccc(Cl)c1)c1ccc(O)cc1. The number of hydrogen-bond donors (Lipinski definition) is 2. The van der Waals surface area contributed by atoms with E-state index >= 15 is 0 Å². The number of hydrogen-bond acceptors (Lipinski definition) is 2. The molecular weight excluding hydrogens is 246 g/mol. The lowest BCUT2D eigenvalue weighted by molar-refractivity contribution is 0.475. The monoisotopic (exact) mass is 261 g/mol. The Labute approximate surface area is 112 Å². The van der Waals surface area contributed by atoms with Gasteiger partial charge in [0.25, 0.3) is 0 Å². The molecule has 0 amide bonds. The van der Waals surface area contributed by atoms with Gasteiger partial charge < -0.3 is 10.8 Å². The first-order valence-electron chi connectivity index (χ1n) is 5.92. The third kappa shape index (κ3) is 3.25. The molecule has 0 aromatic heterocycles. The van der Waals surface area contributed by atoms with Crippen molar-refractivity contribution in [2.45, 2.75) is 12.3 Å². The van der Waals surface area contributed by atoms with Gasteiger partial charge in [-0.15, -0.1) is 0 Å². The zero-order chi connectivity index (χ0) is 13.0. The lowest BCUT2D eigenvalue weighted by Crippen LogP contribution is -2.14. The summed E-state index contributed by atoms with van der Waals surface area (Å²) >= 11 is 5.97. The van der Waals surface area contributed by atoms with E-state index in [9.17, 15) is 5.11 Å². The third-order valence-electron chi connectivity index (χ3n) is 3.02. The van der Waals surface area contributed by atoms with Crippen LogP contribution in [0, 0.1) is 0 Å². The minimum atomic E-state index is 0.240. The summed E-state index contributed by atoms with van der Waals surface area (Å²) < 4.78 is 0. The number of aromatic hydroxyl groups is 1. The Hall–Kier alpha value is -1.51. The van der Waals surface area contributed by atoms with Crippen LogP contribution < -0.4 is 5.73 Å². The van der Waals surface area contributed by atoms with Crippen LogP contribution >= 0.6 is 11.6 Å². The number of nitrogens with two attached hydrogens (primary N) is 1. The molecule has 0 aliphatic rings. The molecule has 0 saturated heterocycles. The summed E-state index contributed by atoms with van der Waals surface area (Å²) in [4.78, 5) is 0. The van der Waals surface area contributed by atoms with Crippen molar-refractivity contribution in [2.75, 3.05) is 6.54 Å². The van der Waals surface area contributed by atoms with Gasteiger partial charge in [-0.25, -0.2) is 0 Å². The smallest absolute Gasteiger partial charge is 0.115 e. The van der Waals surface area contributed by atoms with Gasteiger partial charge in [-0.05, 0) is 48.4 Å². The van der Waals surface area contributed by atoms with Crippen LogP contribution in [0.25, 0.3) is 0 Å². The largest absolute Gasteiger partial charge is 0.508 e. The quantitative estimate of drug-likeness (QED) is 0.887. The van der Waals surface area contributed by atoms with Crippen molar-refractivity contribution >= 4 is 11.6 Å². The number of phenolic OH excluding ortho intramolecular Hbond substituents is 1. The molecule has 0 radical (unpaired) electrons. The first kappa shape index (κ1) is 12.9. The fourth-order valence-electron chi connectivity index (χ4n) is 2.03. The zero-order valence-electron chi connectivity index (χ0n) is 10.0. The minimum Gasteiger partial charge on any atom is -0.508 e. The van der Waals surface area contributed by atoms with Crippen molar-refractivity contribution in [2.24, 2.45) is 5.73 Å². The standard InChI is InChI=1S/C15H16ClNO/c16-14-3-1-2-11(9-14)8-13(10-17)12-4-6-15(18)7-5-12/h1-7,9,13,18H,8,10,17H2. The van der Waals surface area contributed by atoms with Crippen LogP contribution in [0.4, 0.5) is 0 Å². The van der Waals surface area contributed by atoms with Crippen molar-refractivity contribution in [3.05, 3.63) is 64.7 Å². The summed E-state index contributed by atoms with van der Waals surface area (Å²) in [7, 11) is 0. The van der Waals surface area contributed by atoms with Gasteiger partial charge in [-0.2, -0.15) is 0 Å². The highest BCUT2D eigenvalue weighted by Gasteiger charge is 2.10. The highest BCUT2D eigenvalue weighted by molar-refractivity contribution is 6.30. The number of benzene rings is 2. The molecular formula is C15H16ClNO. The topological polar surface area (TPSA) is 46.2 Å². The van der Waals surface area contributed by atoms with Gasteiger partial charge in [-0.3, -0.25) is 0 Å². The molecule has 0 aliphatic carbocycles. The highest BCUT2D eigenvalue weighted by Crippen LogP contribution is 2.23. The Kier molecular flexibility index (Phi) is 4.24. The van der Waals surface area contributed by atoms with E-state index in [0.717, 1.165) is 17.0 Å². The van der Waals surface area contributed by atoms with Gasteiger partial charge in [0.15, 0.2) is 0 Å². The fraction of sp³-hybridized carbons (Fsp3) is 0.200. The second-order valence-electron chi connectivity index (χ2n) is 4.36. The van der Waals surface area contributed by atoms with Gasteiger partial charge in [-0.1, -0.05) is 35.9 Å². The Bertz CT molecular complexity index is 510. The number of halogens is 1. The maximum absolute atomic E-state index is 9.29. The van der Waals surface area contributed by atoms with Crippen LogP contribution in [0.15, 0.2) is 48.5 Å². The molecule has 3 heteroatoms. The van der Waals surface area contributed by atoms with E-state index in [1.54, 1.807) is 12.1 Å². The predicted octanol–water partition coefficient (Wildman–Crippen LogP) is 3.33. The van der Waals surface area contributed by atoms with Crippen LogP contribution in [0.1, 0.15) is 17.0 Å². The second kappa shape index (κ2) is 5.89. The molecule has 94 valence electrons. The summed E-state index contributed by atoms with van der Waals surface area (Å²) in [6.07, 6.45) is 0.849. The molecule has 0 fully saturated rings. The molecule has 2 rings (SSSR count). The van der Waals surface area contributed by atoms with Crippen LogP contribution in [0.5, 0.6) is 5.75 Å². The van der Waals surface area contributed by atoms with E-state index in [1.165, 1.54) is 5.56 Å². The number of phenols is 1. The van der Waals surface area contributed by atoms with Gasteiger partial charge in [0.05, 0.1) is 0 Å². The fourth-order valence-corrected chi connectivity index (χ4v) is 2.25. The molecule has 0 bridgehead atoms. The summed E-state index contributed by atoms with van der Waals surface area (Å²) in [6, 6.07) is 15.0. The van der Waals surface area contributed by atoms with Crippen molar-refractivity contribution < 1.29 is 5.11 Å². The zero-order valence-corrected chi connectivity index (χ0v) is 10.8. The molecule has 2 aromatic carbocycles. The van der Waals surface area contributed by atoms with Gasteiger partial charge >= 0.3 is 0 Å². The molecule has 2 aromatic rings. The van der Waals surface area contributed by atoms with Crippen LogP contribution in [-0.4, -0.2) is 11.7 Å². The molecule has 1 unspecified atom stereocenters. The first-order valence-corrected chi connectivity index (χ1v) is 6.30. The second-order valence-corrected chi connectivity index (χ2v) is 4.79. The maximum Gasteiger partial charge on any atom is 0.115 e. The maximum atomic E-state index is 9.29. The Morgan fingerprint density at radius 1 is 1.11 bits per heavy atom. The van der Waals surface area contributed by atoms with E-state index in [2.05, 4.69) is 6.07 Å². The molecule has 0 aliphatic heterocycles. The Morgan fingerprint density at radius 3 is 2.44 bits per heavy atom. The van der Waals surface area contributed by atoms with E-state index in [0.29, 0.717) is 6.54 Å². The van der Waals surface area contributed by atoms with E-state index < -0.39 is 0 Å². The Morgan fingerprint density at radius 2 is 1.83 bits per heavy atom. The van der Waals surface area contributed by atoms with Crippen molar-refractivity contribution in [1.29, 1.82) is 0 Å². The van der Waals surface area contributed by atoms with Gasteiger partial charge in [0.2, 0.25) is 0 Å². The highest BCUT2D eigenvalue weighted by atomic mass is 35.5. The van der Waals surface area contributed by atoms with Crippen LogP contribution in [0.2, 0.25) is 5.02 Å². The summed E-state index contributed by atoms with van der Waals surface area (Å²) in [5, 5.41) is 10.0. The predicted molar refractivity (Wildman–Crippen MR) is 75.1 cm³/mol. The molecule has 0 spiro atoms. The van der Waals surface area contributed by atoms with E-state index in [1.807, 2.05) is 30.3 Å². The Balaban J connectivity index is 2.17. The molecule has 0 heterocycles. The summed E-state index contributed by atoms with van der Waals surface area (Å²) in [6.45, 7) is 0.567. The average Bonchev–Trinajstić information content (AvgIpc) is 2.37. The minimum absolute atomic E-state index is 0.240. The number of rotatable bonds is 4. The molecule has 1 atom stereocenters. The molecule has 18 heavy (non-hydrogen) atoms.